The molecular weight excluding hydrogens is 288 g/mol. The number of hydrogen-bond acceptors (Lipinski definition) is 3. The highest BCUT2D eigenvalue weighted by Gasteiger charge is 2.22. The van der Waals surface area contributed by atoms with Gasteiger partial charge in [0.15, 0.2) is 5.89 Å². The number of aryl methyl sites for hydroxylation is 2. The molecule has 23 heavy (non-hydrogen) atoms. The maximum Gasteiger partial charge on any atom is 0.222 e. The predicted molar refractivity (Wildman–Crippen MR) is 89.0 cm³/mol. The topological polar surface area (TPSA) is 46.3 Å². The average Bonchev–Trinajstić information content (AvgIpc) is 3.00. The third-order valence-corrected chi connectivity index (χ3v) is 4.60. The highest BCUT2D eigenvalue weighted by atomic mass is 16.3. The Morgan fingerprint density at radius 2 is 2.00 bits per heavy atom. The van der Waals surface area contributed by atoms with E-state index in [1.165, 1.54) is 5.56 Å². The van der Waals surface area contributed by atoms with E-state index in [9.17, 15) is 4.79 Å². The van der Waals surface area contributed by atoms with Crippen molar-refractivity contribution in [3.63, 3.8) is 0 Å². The molecule has 0 radical (unpaired) electrons. The minimum atomic E-state index is 0.240. The van der Waals surface area contributed by atoms with E-state index < -0.39 is 0 Å². The van der Waals surface area contributed by atoms with E-state index in [0.29, 0.717) is 24.7 Å². The first-order valence-corrected chi connectivity index (χ1v) is 8.43. The molecule has 4 nitrogen and oxygen atoms in total. The van der Waals surface area contributed by atoms with Crippen molar-refractivity contribution in [3.05, 3.63) is 53.7 Å². The molecule has 1 amide bonds. The number of likely N-dealkylation sites (tertiary alicyclic amines) is 1. The summed E-state index contributed by atoms with van der Waals surface area (Å²) in [6, 6.07) is 10.6. The summed E-state index contributed by atoms with van der Waals surface area (Å²) >= 11 is 0. The van der Waals surface area contributed by atoms with Crippen LogP contribution in [0.2, 0.25) is 0 Å². The van der Waals surface area contributed by atoms with Crippen LogP contribution in [-0.2, 0) is 17.6 Å². The molecule has 0 saturated carbocycles. The number of aromatic nitrogens is 1. The number of nitrogens with zero attached hydrogens (tertiary/aromatic N) is 2. The Labute approximate surface area is 137 Å². The molecule has 1 fully saturated rings. The zero-order valence-corrected chi connectivity index (χ0v) is 13.7. The number of oxazole rings is 1. The molecule has 1 aliphatic heterocycles. The highest BCUT2D eigenvalue weighted by Crippen LogP contribution is 2.22. The number of hydrogen-bond donors (Lipinski definition) is 0. The Morgan fingerprint density at radius 3 is 2.65 bits per heavy atom. The van der Waals surface area contributed by atoms with Crippen LogP contribution in [0.3, 0.4) is 0 Å². The molecule has 122 valence electrons. The fraction of sp³-hybridized carbons (Fsp3) is 0.474. The van der Waals surface area contributed by atoms with Gasteiger partial charge in [-0.1, -0.05) is 30.3 Å². The summed E-state index contributed by atoms with van der Waals surface area (Å²) in [4.78, 5) is 18.6. The molecule has 1 saturated heterocycles. The summed E-state index contributed by atoms with van der Waals surface area (Å²) < 4.78 is 5.18. The van der Waals surface area contributed by atoms with Gasteiger partial charge in [0.1, 0.15) is 6.26 Å². The van der Waals surface area contributed by atoms with Crippen molar-refractivity contribution in [3.8, 4) is 0 Å². The fourth-order valence-corrected chi connectivity index (χ4v) is 3.25. The summed E-state index contributed by atoms with van der Waals surface area (Å²) in [5.41, 5.74) is 2.27. The standard InChI is InChI=1S/C19H24N2O2/c1-15-20-18(14-23-15)7-8-19(22)21-11-9-17(10-12-21)13-16-5-3-2-4-6-16/h2-6,14,17H,7-13H2,1H3. The second-order valence-electron chi connectivity index (χ2n) is 6.37. The zero-order valence-electron chi connectivity index (χ0n) is 13.7. The summed E-state index contributed by atoms with van der Waals surface area (Å²) in [6.45, 7) is 3.59. The molecule has 0 N–H and O–H groups in total. The van der Waals surface area contributed by atoms with Gasteiger partial charge in [-0.05, 0) is 30.7 Å². The lowest BCUT2D eigenvalue weighted by atomic mass is 9.90. The number of carbonyl (C=O) groups excluding carboxylic acids is 1. The molecule has 0 bridgehead atoms. The second-order valence-corrected chi connectivity index (χ2v) is 6.37. The third-order valence-electron chi connectivity index (χ3n) is 4.60. The van der Waals surface area contributed by atoms with Crippen LogP contribution >= 0.6 is 0 Å². The van der Waals surface area contributed by atoms with Crippen LogP contribution in [-0.4, -0.2) is 28.9 Å². The molecule has 0 atom stereocenters. The third kappa shape index (κ3) is 4.44. The largest absolute Gasteiger partial charge is 0.449 e. The van der Waals surface area contributed by atoms with Crippen LogP contribution in [0.15, 0.2) is 41.0 Å². The minimum absolute atomic E-state index is 0.240. The lowest BCUT2D eigenvalue weighted by Crippen LogP contribution is -2.39. The molecular formula is C19H24N2O2. The highest BCUT2D eigenvalue weighted by molar-refractivity contribution is 5.76. The lowest BCUT2D eigenvalue weighted by molar-refractivity contribution is -0.132. The van der Waals surface area contributed by atoms with Crippen molar-refractivity contribution in [2.24, 2.45) is 5.92 Å². The van der Waals surface area contributed by atoms with E-state index in [-0.39, 0.29) is 5.91 Å². The number of amides is 1. The van der Waals surface area contributed by atoms with Crippen molar-refractivity contribution < 1.29 is 9.21 Å². The van der Waals surface area contributed by atoms with Gasteiger partial charge in [-0.25, -0.2) is 4.98 Å². The molecule has 3 rings (SSSR count). The molecule has 1 aliphatic rings. The molecule has 0 aliphatic carbocycles. The van der Waals surface area contributed by atoms with E-state index in [1.807, 2.05) is 11.8 Å². The Hall–Kier alpha value is -2.10. The summed E-state index contributed by atoms with van der Waals surface area (Å²) in [7, 11) is 0. The van der Waals surface area contributed by atoms with Crippen LogP contribution in [0.5, 0.6) is 0 Å². The van der Waals surface area contributed by atoms with Gasteiger partial charge < -0.3 is 9.32 Å². The zero-order chi connectivity index (χ0) is 16.1. The van der Waals surface area contributed by atoms with Gasteiger partial charge in [0.25, 0.3) is 0 Å². The number of benzene rings is 1. The van der Waals surface area contributed by atoms with Gasteiger partial charge in [0.05, 0.1) is 5.69 Å². The normalized spacial score (nSPS) is 15.8. The van der Waals surface area contributed by atoms with E-state index in [0.717, 1.165) is 38.0 Å². The Morgan fingerprint density at radius 1 is 1.26 bits per heavy atom. The Bertz CT molecular complexity index is 628. The van der Waals surface area contributed by atoms with E-state index in [2.05, 4.69) is 35.3 Å². The van der Waals surface area contributed by atoms with E-state index in [1.54, 1.807) is 6.26 Å². The second kappa shape index (κ2) is 7.44. The first-order chi connectivity index (χ1) is 11.2. The van der Waals surface area contributed by atoms with Crippen molar-refractivity contribution in [2.45, 2.75) is 39.0 Å². The van der Waals surface area contributed by atoms with Gasteiger partial charge in [-0.2, -0.15) is 0 Å². The summed E-state index contributed by atoms with van der Waals surface area (Å²) in [5, 5.41) is 0. The average molecular weight is 312 g/mol. The number of piperidine rings is 1. The SMILES string of the molecule is Cc1nc(CCC(=O)N2CCC(Cc3ccccc3)CC2)co1. The number of carbonyl (C=O) groups is 1. The Kier molecular flexibility index (Phi) is 5.11. The van der Waals surface area contributed by atoms with Crippen LogP contribution in [0, 0.1) is 12.8 Å². The Balaban J connectivity index is 1.42. The summed E-state index contributed by atoms with van der Waals surface area (Å²) in [6.07, 6.45) is 6.17. The maximum absolute atomic E-state index is 12.3. The van der Waals surface area contributed by atoms with Crippen molar-refractivity contribution >= 4 is 5.91 Å². The van der Waals surface area contributed by atoms with Gasteiger partial charge in [0.2, 0.25) is 5.91 Å². The maximum atomic E-state index is 12.3. The molecule has 4 heteroatoms. The van der Waals surface area contributed by atoms with Crippen molar-refractivity contribution in [2.75, 3.05) is 13.1 Å². The number of rotatable bonds is 5. The van der Waals surface area contributed by atoms with Crippen molar-refractivity contribution in [1.29, 1.82) is 0 Å². The molecule has 0 unspecified atom stereocenters. The van der Waals surface area contributed by atoms with E-state index >= 15 is 0 Å². The van der Waals surface area contributed by atoms with Gasteiger partial charge in [0, 0.05) is 32.9 Å². The lowest BCUT2D eigenvalue weighted by Gasteiger charge is -2.32. The van der Waals surface area contributed by atoms with Crippen LogP contribution in [0.25, 0.3) is 0 Å². The van der Waals surface area contributed by atoms with Crippen LogP contribution in [0.4, 0.5) is 0 Å². The van der Waals surface area contributed by atoms with Gasteiger partial charge >= 0.3 is 0 Å². The minimum Gasteiger partial charge on any atom is -0.449 e. The summed E-state index contributed by atoms with van der Waals surface area (Å²) in [5.74, 6) is 1.60. The molecule has 1 aromatic carbocycles. The smallest absolute Gasteiger partial charge is 0.222 e. The first-order valence-electron chi connectivity index (χ1n) is 8.43. The molecule has 0 spiro atoms. The van der Waals surface area contributed by atoms with Crippen molar-refractivity contribution in [1.82, 2.24) is 9.88 Å². The van der Waals surface area contributed by atoms with Gasteiger partial charge in [-0.15, -0.1) is 0 Å². The van der Waals surface area contributed by atoms with Gasteiger partial charge in [-0.3, -0.25) is 4.79 Å². The molecule has 2 aromatic rings. The fourth-order valence-electron chi connectivity index (χ4n) is 3.25. The predicted octanol–water partition coefficient (Wildman–Crippen LogP) is 3.40. The molecule has 1 aromatic heterocycles. The molecule has 2 heterocycles. The quantitative estimate of drug-likeness (QED) is 0.850. The van der Waals surface area contributed by atoms with Crippen LogP contribution in [0.1, 0.15) is 36.4 Å². The first kappa shape index (κ1) is 15.8. The van der Waals surface area contributed by atoms with Crippen LogP contribution < -0.4 is 0 Å². The van der Waals surface area contributed by atoms with E-state index in [4.69, 9.17) is 4.42 Å². The monoisotopic (exact) mass is 312 g/mol.